The summed E-state index contributed by atoms with van der Waals surface area (Å²) in [5.74, 6) is -3.54. The molecule has 2 aliphatic carbocycles. The maximum Gasteiger partial charge on any atom is 0.289 e. The maximum absolute atomic E-state index is 14.3. The van der Waals surface area contributed by atoms with Gasteiger partial charge >= 0.3 is 0 Å². The summed E-state index contributed by atoms with van der Waals surface area (Å²) in [7, 11) is 0. The minimum Gasteiger partial charge on any atom is -0.359 e. The lowest BCUT2D eigenvalue weighted by molar-refractivity contribution is -0.174. The van der Waals surface area contributed by atoms with Gasteiger partial charge in [-0.05, 0) is 57.3 Å². The van der Waals surface area contributed by atoms with Crippen molar-refractivity contribution in [1.29, 1.82) is 0 Å². The number of aromatic nitrogens is 2. The highest BCUT2D eigenvalue weighted by atomic mass is 16.5. The van der Waals surface area contributed by atoms with Crippen LogP contribution in [0.1, 0.15) is 110 Å². The number of nitrogens with one attached hydrogen (secondary N) is 4. The van der Waals surface area contributed by atoms with E-state index in [2.05, 4.69) is 31.2 Å². The Kier molecular flexibility index (Phi) is 12.5. The highest BCUT2D eigenvalue weighted by molar-refractivity contribution is 6.38. The molecule has 3 aliphatic rings. The Morgan fingerprint density at radius 1 is 0.980 bits per heavy atom. The van der Waals surface area contributed by atoms with Crippen molar-refractivity contribution >= 4 is 35.3 Å². The average Bonchev–Trinajstić information content (AvgIpc) is 3.88. The number of ether oxygens (including phenoxy) is 1. The predicted octanol–water partition coefficient (Wildman–Crippen LogP) is 1.82. The molecule has 2 heterocycles. The third kappa shape index (κ3) is 10.5. The topological polar surface area (TPSA) is 189 Å². The van der Waals surface area contributed by atoms with Crippen molar-refractivity contribution in [3.8, 4) is 0 Å². The van der Waals surface area contributed by atoms with Crippen molar-refractivity contribution < 1.29 is 33.5 Å². The summed E-state index contributed by atoms with van der Waals surface area (Å²) in [6, 6.07) is -2.92. The van der Waals surface area contributed by atoms with Gasteiger partial charge < -0.3 is 30.9 Å². The first-order chi connectivity index (χ1) is 23.1. The molecule has 14 heteroatoms. The molecule has 270 valence electrons. The van der Waals surface area contributed by atoms with Gasteiger partial charge in [0.2, 0.25) is 17.6 Å². The Morgan fingerprint density at radius 2 is 1.67 bits per heavy atom. The zero-order chi connectivity index (χ0) is 35.9. The number of amides is 5. The molecule has 2 saturated carbocycles. The lowest BCUT2D eigenvalue weighted by atomic mass is 9.82. The van der Waals surface area contributed by atoms with Gasteiger partial charge in [-0.3, -0.25) is 33.8 Å². The standard InChI is InChI=1S/C35H53N7O7/c1-7-11-23(27(43)32(47)38-22-14-15-22)39-30(45)25-19-42(20-35(5,6)49-25)33(48)28(34(2,3)4)41-31(46)26(21-12-9-8-10-13-21)40-29(44)24-18-36-16-17-37-24/h16-18,21-23,25-26,28H,7-15,19-20H2,1-6H3,(H,38,47)(H,39,45)(H,40,44)(H,41,46)/t23-,25?,26?,28+/m0/s1. The minimum absolute atomic E-state index is 0.000105. The predicted molar refractivity (Wildman–Crippen MR) is 180 cm³/mol. The quantitative estimate of drug-likeness (QED) is 0.225. The number of nitrogens with zero attached hydrogens (tertiary/aromatic N) is 3. The van der Waals surface area contributed by atoms with Crippen LogP contribution in [0.3, 0.4) is 0 Å². The first kappa shape index (κ1) is 37.9. The van der Waals surface area contributed by atoms with Gasteiger partial charge in [-0.2, -0.15) is 0 Å². The molecule has 1 aromatic rings. The Bertz CT molecular complexity index is 1370. The summed E-state index contributed by atoms with van der Waals surface area (Å²) in [4.78, 5) is 90.0. The van der Waals surface area contributed by atoms with E-state index in [0.29, 0.717) is 6.42 Å². The van der Waals surface area contributed by atoms with Crippen LogP contribution in [0.15, 0.2) is 18.6 Å². The summed E-state index contributed by atoms with van der Waals surface area (Å²) in [5, 5.41) is 11.2. The fourth-order valence-electron chi connectivity index (χ4n) is 6.51. The molecule has 4 atom stereocenters. The Labute approximate surface area is 288 Å². The van der Waals surface area contributed by atoms with Crippen molar-refractivity contribution in [3.63, 3.8) is 0 Å². The van der Waals surface area contributed by atoms with Crippen molar-refractivity contribution in [1.82, 2.24) is 36.1 Å². The molecule has 1 aliphatic heterocycles. The third-order valence-corrected chi connectivity index (χ3v) is 9.26. The Hall–Kier alpha value is -3.94. The smallest absolute Gasteiger partial charge is 0.289 e. The molecule has 0 radical (unpaired) electrons. The summed E-state index contributed by atoms with van der Waals surface area (Å²) >= 11 is 0. The molecule has 4 rings (SSSR count). The van der Waals surface area contributed by atoms with Gasteiger partial charge in [0.15, 0.2) is 6.10 Å². The van der Waals surface area contributed by atoms with Crippen LogP contribution in [-0.2, 0) is 28.7 Å². The van der Waals surface area contributed by atoms with Gasteiger partial charge in [0.05, 0.1) is 24.4 Å². The molecule has 4 N–H and O–H groups in total. The summed E-state index contributed by atoms with van der Waals surface area (Å²) < 4.78 is 6.10. The largest absolute Gasteiger partial charge is 0.359 e. The number of hydrogen-bond donors (Lipinski definition) is 4. The molecule has 0 spiro atoms. The molecular formula is C35H53N7O7. The van der Waals surface area contributed by atoms with E-state index in [1.54, 1.807) is 13.8 Å². The van der Waals surface area contributed by atoms with E-state index < -0.39 is 70.6 Å². The van der Waals surface area contributed by atoms with E-state index in [4.69, 9.17) is 4.74 Å². The van der Waals surface area contributed by atoms with Gasteiger partial charge in [-0.1, -0.05) is 53.4 Å². The SMILES string of the molecule is CCC[C@H](NC(=O)C1CN(C(=O)[C@@H](NC(=O)C(NC(=O)c2cnccn2)C2CCCCC2)C(C)(C)C)CC(C)(C)O1)C(=O)C(=O)NC1CC1. The highest BCUT2D eigenvalue weighted by Gasteiger charge is 2.45. The molecule has 3 fully saturated rings. The number of ketones is 1. The van der Waals surface area contributed by atoms with E-state index in [1.165, 1.54) is 23.5 Å². The van der Waals surface area contributed by atoms with Crippen LogP contribution in [0.2, 0.25) is 0 Å². The first-order valence-electron chi connectivity index (χ1n) is 17.6. The summed E-state index contributed by atoms with van der Waals surface area (Å²) in [6.07, 6.45) is 9.99. The molecule has 1 saturated heterocycles. The number of morpholine rings is 1. The number of hydrogen-bond acceptors (Lipinski definition) is 9. The van der Waals surface area contributed by atoms with Crippen molar-refractivity contribution in [2.24, 2.45) is 11.3 Å². The Balaban J connectivity index is 1.50. The number of Topliss-reactive ketones (excluding diaryl/α,β-unsaturated/α-hetero) is 1. The van der Waals surface area contributed by atoms with Crippen LogP contribution in [-0.4, -0.2) is 99.1 Å². The van der Waals surface area contributed by atoms with Gasteiger partial charge in [0.1, 0.15) is 17.8 Å². The Morgan fingerprint density at radius 3 is 2.27 bits per heavy atom. The van der Waals surface area contributed by atoms with Gasteiger partial charge in [-0.15, -0.1) is 0 Å². The van der Waals surface area contributed by atoms with Crippen molar-refractivity contribution in [2.45, 2.75) is 135 Å². The molecule has 5 amide bonds. The minimum atomic E-state index is -1.12. The highest BCUT2D eigenvalue weighted by Crippen LogP contribution is 2.29. The molecule has 2 unspecified atom stereocenters. The fraction of sp³-hybridized carbons (Fsp3) is 0.714. The molecule has 49 heavy (non-hydrogen) atoms. The molecule has 0 bridgehead atoms. The molecule has 1 aromatic heterocycles. The van der Waals surface area contributed by atoms with E-state index >= 15 is 0 Å². The lowest BCUT2D eigenvalue weighted by Gasteiger charge is -2.45. The summed E-state index contributed by atoms with van der Waals surface area (Å²) in [5.41, 5.74) is -1.59. The van der Waals surface area contributed by atoms with Gasteiger partial charge in [-0.25, -0.2) is 4.98 Å². The number of carbonyl (C=O) groups excluding carboxylic acids is 6. The van der Waals surface area contributed by atoms with Crippen molar-refractivity contribution in [3.05, 3.63) is 24.3 Å². The van der Waals surface area contributed by atoms with Crippen LogP contribution < -0.4 is 21.3 Å². The third-order valence-electron chi connectivity index (χ3n) is 9.26. The maximum atomic E-state index is 14.3. The van der Waals surface area contributed by atoms with Crippen LogP contribution >= 0.6 is 0 Å². The van der Waals surface area contributed by atoms with Crippen LogP contribution in [0, 0.1) is 11.3 Å². The summed E-state index contributed by atoms with van der Waals surface area (Å²) in [6.45, 7) is 10.9. The monoisotopic (exact) mass is 683 g/mol. The van der Waals surface area contributed by atoms with Crippen LogP contribution in [0.4, 0.5) is 0 Å². The molecule has 14 nitrogen and oxygen atoms in total. The lowest BCUT2D eigenvalue weighted by Crippen LogP contribution is -2.65. The second kappa shape index (κ2) is 16.2. The van der Waals surface area contributed by atoms with Crippen LogP contribution in [0.5, 0.6) is 0 Å². The molecule has 0 aromatic carbocycles. The average molecular weight is 684 g/mol. The van der Waals surface area contributed by atoms with E-state index in [1.807, 2.05) is 27.7 Å². The van der Waals surface area contributed by atoms with E-state index in [9.17, 15) is 28.8 Å². The first-order valence-corrected chi connectivity index (χ1v) is 17.6. The zero-order valence-corrected chi connectivity index (χ0v) is 29.7. The normalized spacial score (nSPS) is 21.4. The second-order valence-electron chi connectivity index (χ2n) is 15.3. The number of carbonyl (C=O) groups is 6. The van der Waals surface area contributed by atoms with Gasteiger partial charge in [0, 0.05) is 25.0 Å². The fourth-order valence-corrected chi connectivity index (χ4v) is 6.51. The van der Waals surface area contributed by atoms with Gasteiger partial charge in [0.25, 0.3) is 17.7 Å². The van der Waals surface area contributed by atoms with Crippen molar-refractivity contribution in [2.75, 3.05) is 13.1 Å². The molecular weight excluding hydrogens is 630 g/mol. The zero-order valence-electron chi connectivity index (χ0n) is 29.7. The van der Waals surface area contributed by atoms with E-state index in [0.717, 1.165) is 44.9 Å². The van der Waals surface area contributed by atoms with E-state index in [-0.39, 0.29) is 37.2 Å². The second-order valence-corrected chi connectivity index (χ2v) is 15.3. The van der Waals surface area contributed by atoms with Crippen LogP contribution in [0.25, 0.3) is 0 Å². The number of rotatable bonds is 13.